The Morgan fingerprint density at radius 2 is 1.85 bits per heavy atom. The number of carbonyl (C=O) groups excluding carboxylic acids is 1. The maximum absolute atomic E-state index is 13.3. The number of hydrogen-bond acceptors (Lipinski definition) is 4. The monoisotopic (exact) mass is 437 g/mol. The molecule has 1 N–H and O–H groups in total. The Morgan fingerprint density at radius 1 is 1.22 bits per heavy atom. The summed E-state index contributed by atoms with van der Waals surface area (Å²) in [7, 11) is 0. The molecular weight excluding hydrogens is 416 g/mol. The van der Waals surface area contributed by atoms with Crippen LogP contribution in [0.15, 0.2) is 35.9 Å². The third kappa shape index (κ3) is 8.08. The third-order valence-electron chi connectivity index (χ3n) is 3.63. The van der Waals surface area contributed by atoms with Gasteiger partial charge >= 0.3 is 5.97 Å². The first-order chi connectivity index (χ1) is 12.7. The lowest BCUT2D eigenvalue weighted by Crippen LogP contribution is -2.26. The molecule has 0 amide bonds. The van der Waals surface area contributed by atoms with Gasteiger partial charge in [0.25, 0.3) is 3.79 Å². The molecule has 1 aromatic rings. The van der Waals surface area contributed by atoms with Crippen LogP contribution in [-0.4, -0.2) is 22.3 Å². The molecule has 8 heteroatoms. The standard InChI is InChI=1S/C19H23Cl3FNO3/c1-3-5-6-7-8-15(17(25)26-4-2)16(27-18(24)19(20,21)22)13-9-11-14(23)12-10-13/h8-12,16,24H,3-7H2,1-2H3/b15-8-,24-18?/t16-/m1/s1. The zero-order valence-electron chi connectivity index (χ0n) is 15.2. The van der Waals surface area contributed by atoms with Gasteiger partial charge in [-0.1, -0.05) is 72.8 Å². The summed E-state index contributed by atoms with van der Waals surface area (Å²) in [5.41, 5.74) is 0.615. The van der Waals surface area contributed by atoms with Crippen LogP contribution in [-0.2, 0) is 14.3 Å². The molecule has 27 heavy (non-hydrogen) atoms. The van der Waals surface area contributed by atoms with Crippen LogP contribution >= 0.6 is 34.8 Å². The predicted molar refractivity (Wildman–Crippen MR) is 107 cm³/mol. The smallest absolute Gasteiger partial charge is 0.337 e. The summed E-state index contributed by atoms with van der Waals surface area (Å²) in [6.45, 7) is 3.93. The van der Waals surface area contributed by atoms with Crippen molar-refractivity contribution in [3.8, 4) is 0 Å². The molecule has 0 aliphatic carbocycles. The molecule has 0 spiro atoms. The molecule has 0 unspecified atom stereocenters. The maximum atomic E-state index is 13.3. The van der Waals surface area contributed by atoms with Gasteiger partial charge in [0.05, 0.1) is 12.2 Å². The molecule has 0 bridgehead atoms. The van der Waals surface area contributed by atoms with Gasteiger partial charge in [0.1, 0.15) is 5.82 Å². The molecule has 0 aromatic heterocycles. The van der Waals surface area contributed by atoms with Crippen molar-refractivity contribution < 1.29 is 18.7 Å². The van der Waals surface area contributed by atoms with Crippen LogP contribution < -0.4 is 0 Å². The Morgan fingerprint density at radius 3 is 2.37 bits per heavy atom. The molecular formula is C19H23Cl3FNO3. The van der Waals surface area contributed by atoms with Crippen molar-refractivity contribution in [2.75, 3.05) is 6.61 Å². The molecule has 0 radical (unpaired) electrons. The first-order valence-electron chi connectivity index (χ1n) is 8.65. The second kappa shape index (κ2) is 11.5. The first-order valence-corrected chi connectivity index (χ1v) is 9.79. The van der Waals surface area contributed by atoms with Gasteiger partial charge in [0.15, 0.2) is 6.10 Å². The summed E-state index contributed by atoms with van der Waals surface area (Å²) in [5.74, 6) is -1.69. The van der Waals surface area contributed by atoms with Crippen LogP contribution in [0.2, 0.25) is 0 Å². The quantitative estimate of drug-likeness (QED) is 0.123. The number of allylic oxidation sites excluding steroid dienone is 1. The van der Waals surface area contributed by atoms with E-state index in [9.17, 15) is 9.18 Å². The Balaban J connectivity index is 3.28. The Kier molecular flexibility index (Phi) is 10.1. The summed E-state index contributed by atoms with van der Waals surface area (Å²) in [5, 5.41) is 7.87. The van der Waals surface area contributed by atoms with E-state index < -0.39 is 27.6 Å². The normalized spacial score (nSPS) is 13.2. The number of carbonyl (C=O) groups is 1. The minimum atomic E-state index is -2.10. The number of ether oxygens (including phenoxy) is 2. The number of unbranched alkanes of at least 4 members (excludes halogenated alkanes) is 3. The van der Waals surface area contributed by atoms with Gasteiger partial charge in [-0.3, -0.25) is 5.41 Å². The zero-order valence-corrected chi connectivity index (χ0v) is 17.5. The fourth-order valence-corrected chi connectivity index (χ4v) is 2.43. The molecule has 0 saturated heterocycles. The highest BCUT2D eigenvalue weighted by Gasteiger charge is 2.34. The van der Waals surface area contributed by atoms with Crippen LogP contribution in [0.4, 0.5) is 4.39 Å². The summed E-state index contributed by atoms with van der Waals surface area (Å²) in [6.07, 6.45) is 4.15. The van der Waals surface area contributed by atoms with Crippen LogP contribution in [0.1, 0.15) is 51.2 Å². The minimum Gasteiger partial charge on any atom is -0.465 e. The van der Waals surface area contributed by atoms with Crippen molar-refractivity contribution in [2.24, 2.45) is 0 Å². The SMILES string of the molecule is CCCCC/C=C(\C(=O)OCC)[C@H](OC(=N)C(Cl)(Cl)Cl)c1ccc(F)cc1. The summed E-state index contributed by atoms with van der Waals surface area (Å²) >= 11 is 17.2. The largest absolute Gasteiger partial charge is 0.465 e. The van der Waals surface area contributed by atoms with E-state index in [1.54, 1.807) is 13.0 Å². The van der Waals surface area contributed by atoms with Gasteiger partial charge in [-0.25, -0.2) is 9.18 Å². The Hall–Kier alpha value is -1.30. The van der Waals surface area contributed by atoms with Crippen LogP contribution in [0.25, 0.3) is 0 Å². The minimum absolute atomic E-state index is 0.170. The number of rotatable bonds is 9. The lowest BCUT2D eigenvalue weighted by molar-refractivity contribution is -0.139. The Bertz CT molecular complexity index is 657. The maximum Gasteiger partial charge on any atom is 0.337 e. The van der Waals surface area contributed by atoms with Crippen molar-refractivity contribution in [1.82, 2.24) is 0 Å². The molecule has 1 rings (SSSR count). The number of benzene rings is 1. The molecule has 0 saturated carbocycles. The van der Waals surface area contributed by atoms with Crippen LogP contribution in [0.3, 0.4) is 0 Å². The summed E-state index contributed by atoms with van der Waals surface area (Å²) < 4.78 is 21.9. The van der Waals surface area contributed by atoms with Crippen LogP contribution in [0, 0.1) is 11.2 Å². The second-order valence-electron chi connectivity index (χ2n) is 5.75. The molecule has 4 nitrogen and oxygen atoms in total. The zero-order chi connectivity index (χ0) is 20.4. The lowest BCUT2D eigenvalue weighted by Gasteiger charge is -2.24. The number of alkyl halides is 3. The molecule has 0 aliphatic rings. The van der Waals surface area contributed by atoms with Gasteiger partial charge in [0, 0.05) is 0 Å². The highest BCUT2D eigenvalue weighted by Crippen LogP contribution is 2.34. The third-order valence-corrected chi connectivity index (χ3v) is 4.15. The van der Waals surface area contributed by atoms with Gasteiger partial charge < -0.3 is 9.47 Å². The number of nitrogens with one attached hydrogen (secondary N) is 1. The van der Waals surface area contributed by atoms with Crippen LogP contribution in [0.5, 0.6) is 0 Å². The Labute approximate surface area is 174 Å². The van der Waals surface area contributed by atoms with Crippen molar-refractivity contribution in [1.29, 1.82) is 5.41 Å². The first kappa shape index (κ1) is 23.7. The molecule has 150 valence electrons. The van der Waals surface area contributed by atoms with E-state index in [2.05, 4.69) is 6.92 Å². The van der Waals surface area contributed by atoms with E-state index in [0.717, 1.165) is 19.3 Å². The van der Waals surface area contributed by atoms with Gasteiger partial charge in [-0.2, -0.15) is 0 Å². The second-order valence-corrected chi connectivity index (χ2v) is 8.03. The fraction of sp³-hybridized carbons (Fsp3) is 0.474. The highest BCUT2D eigenvalue weighted by molar-refractivity contribution is 6.76. The van der Waals surface area contributed by atoms with Crippen molar-refractivity contribution in [3.63, 3.8) is 0 Å². The topological polar surface area (TPSA) is 59.4 Å². The fourth-order valence-electron chi connectivity index (χ4n) is 2.30. The average Bonchev–Trinajstić information content (AvgIpc) is 2.60. The van der Waals surface area contributed by atoms with E-state index in [-0.39, 0.29) is 12.2 Å². The lowest BCUT2D eigenvalue weighted by atomic mass is 9.99. The number of halogens is 4. The van der Waals surface area contributed by atoms with Gasteiger partial charge in [0.2, 0.25) is 5.90 Å². The molecule has 0 fully saturated rings. The molecule has 0 heterocycles. The average molecular weight is 439 g/mol. The van der Waals surface area contributed by atoms with E-state index in [1.165, 1.54) is 24.3 Å². The molecule has 1 atom stereocenters. The molecule has 1 aromatic carbocycles. The number of esters is 1. The van der Waals surface area contributed by atoms with E-state index in [1.807, 2.05) is 0 Å². The van der Waals surface area contributed by atoms with Gasteiger partial charge in [-0.15, -0.1) is 0 Å². The summed E-state index contributed by atoms with van der Waals surface area (Å²) in [4.78, 5) is 12.5. The predicted octanol–water partition coefficient (Wildman–Crippen LogP) is 6.30. The van der Waals surface area contributed by atoms with Crippen molar-refractivity contribution >= 4 is 46.7 Å². The van der Waals surface area contributed by atoms with E-state index in [0.29, 0.717) is 12.0 Å². The van der Waals surface area contributed by atoms with Crippen molar-refractivity contribution in [2.45, 2.75) is 49.4 Å². The number of hydrogen-bond donors (Lipinski definition) is 1. The molecule has 0 aliphatic heterocycles. The van der Waals surface area contributed by atoms with E-state index in [4.69, 9.17) is 49.7 Å². The highest BCUT2D eigenvalue weighted by atomic mass is 35.6. The van der Waals surface area contributed by atoms with E-state index >= 15 is 0 Å². The summed E-state index contributed by atoms with van der Waals surface area (Å²) in [6, 6.07) is 5.35. The van der Waals surface area contributed by atoms with Gasteiger partial charge in [-0.05, 0) is 37.5 Å². The van der Waals surface area contributed by atoms with Crippen molar-refractivity contribution in [3.05, 3.63) is 47.3 Å².